The fourth-order valence-corrected chi connectivity index (χ4v) is 3.59. The Morgan fingerprint density at radius 1 is 1.00 bits per heavy atom. The average molecular weight is 640 g/mol. The zero-order chi connectivity index (χ0) is 34.8. The lowest BCUT2D eigenvalue weighted by Gasteiger charge is -2.37. The van der Waals surface area contributed by atoms with Crippen LogP contribution in [0.25, 0.3) is 10.9 Å². The fourth-order valence-electron chi connectivity index (χ4n) is 3.59. The van der Waals surface area contributed by atoms with Crippen molar-refractivity contribution in [2.45, 2.75) is 82.1 Å². The average Bonchev–Trinajstić information content (AvgIpc) is 3.49. The molecule has 0 atom stereocenters. The second kappa shape index (κ2) is 35.0. The first-order valence-corrected chi connectivity index (χ1v) is 16.2. The Hall–Kier alpha value is -2.45. The third-order valence-electron chi connectivity index (χ3n) is 5.38. The number of allylic oxidation sites excluding steroid dienone is 4. The second-order valence-electron chi connectivity index (χ2n) is 8.88. The summed E-state index contributed by atoms with van der Waals surface area (Å²) in [4.78, 5) is 10.9. The number of rotatable bonds is 6. The van der Waals surface area contributed by atoms with Gasteiger partial charge in [-0.1, -0.05) is 71.4 Å². The number of methoxy groups -OCH3 is 2. The molecule has 0 amide bonds. The van der Waals surface area contributed by atoms with Crippen molar-refractivity contribution in [1.29, 1.82) is 0 Å². The molecular weight excluding hydrogens is 574 g/mol. The summed E-state index contributed by atoms with van der Waals surface area (Å²) in [5.74, 6) is 1.43. The highest BCUT2D eigenvalue weighted by Gasteiger charge is 2.43. The predicted molar refractivity (Wildman–Crippen MR) is 195 cm³/mol. The standard InChI is InChI=1S/C18H23N3O3.C4H7Cl.2C3H6.C2H6O.3C2H6/c1-22-17-15-4-3-14(9-16(15)19-13-20-17)24-8-2-6-21-7-5-18(10-21)11-23-12-18;1-3-4(2)5;3*1-3-2;3*1-2/h3-4,9,13H,2,5-8,10-12H2,1H3;3H,1-2H3;2*3H,1H2,2H3;1-2H3;3*1-2H3/b;4-3+;;;;;;. The Bertz CT molecular complexity index is 940. The van der Waals surface area contributed by atoms with E-state index in [4.69, 9.17) is 25.8 Å². The number of hydrogen-bond acceptors (Lipinski definition) is 7. The van der Waals surface area contributed by atoms with E-state index >= 15 is 0 Å². The normalized spacial score (nSPS) is 13.5. The highest BCUT2D eigenvalue weighted by molar-refractivity contribution is 6.29. The van der Waals surface area contributed by atoms with Crippen LogP contribution in [0.3, 0.4) is 0 Å². The van der Waals surface area contributed by atoms with Crippen molar-refractivity contribution in [3.63, 3.8) is 0 Å². The molecule has 3 heterocycles. The monoisotopic (exact) mass is 639 g/mol. The van der Waals surface area contributed by atoms with Crippen LogP contribution in [-0.4, -0.2) is 75.7 Å². The number of hydrogen-bond donors (Lipinski definition) is 0. The molecule has 256 valence electrons. The van der Waals surface area contributed by atoms with Gasteiger partial charge in [-0.25, -0.2) is 9.97 Å². The predicted octanol–water partition coefficient (Wildman–Crippen LogP) is 10.0. The minimum Gasteiger partial charge on any atom is -0.493 e. The molecule has 44 heavy (non-hydrogen) atoms. The molecule has 1 spiro atoms. The van der Waals surface area contributed by atoms with Crippen LogP contribution in [0.5, 0.6) is 11.6 Å². The van der Waals surface area contributed by atoms with Crippen LogP contribution in [0.2, 0.25) is 0 Å². The first-order chi connectivity index (χ1) is 21.3. The molecule has 8 heteroatoms. The number of halogens is 1. The van der Waals surface area contributed by atoms with Crippen LogP contribution < -0.4 is 9.47 Å². The van der Waals surface area contributed by atoms with E-state index in [1.54, 1.807) is 33.5 Å². The van der Waals surface area contributed by atoms with Gasteiger partial charge in [0.2, 0.25) is 5.88 Å². The van der Waals surface area contributed by atoms with E-state index in [9.17, 15) is 0 Å². The maximum Gasteiger partial charge on any atom is 0.224 e. The van der Waals surface area contributed by atoms with Crippen molar-refractivity contribution in [1.82, 2.24) is 14.9 Å². The van der Waals surface area contributed by atoms with Crippen LogP contribution in [-0.2, 0) is 9.47 Å². The number of ether oxygens (including phenoxy) is 4. The van der Waals surface area contributed by atoms with Gasteiger partial charge in [0.1, 0.15) is 12.1 Å². The number of nitrogens with zero attached hydrogens (tertiary/aromatic N) is 3. The molecule has 2 fully saturated rings. The molecule has 1 aromatic carbocycles. The van der Waals surface area contributed by atoms with E-state index in [0.29, 0.717) is 17.9 Å². The van der Waals surface area contributed by atoms with Crippen molar-refractivity contribution in [2.75, 3.05) is 60.8 Å². The third kappa shape index (κ3) is 23.0. The van der Waals surface area contributed by atoms with Crippen LogP contribution in [0, 0.1) is 5.41 Å². The lowest BCUT2D eigenvalue weighted by molar-refractivity contribution is -0.105. The van der Waals surface area contributed by atoms with Gasteiger partial charge >= 0.3 is 0 Å². The van der Waals surface area contributed by atoms with Gasteiger partial charge in [-0.3, -0.25) is 0 Å². The molecule has 4 rings (SSSR count). The summed E-state index contributed by atoms with van der Waals surface area (Å²) >= 11 is 5.32. The van der Waals surface area contributed by atoms with E-state index in [1.165, 1.54) is 25.8 Å². The van der Waals surface area contributed by atoms with E-state index in [1.807, 2.05) is 93.5 Å². The Labute approximate surface area is 276 Å². The molecule has 1 aromatic heterocycles. The van der Waals surface area contributed by atoms with Crippen molar-refractivity contribution in [2.24, 2.45) is 5.41 Å². The number of likely N-dealkylation sites (tertiary alicyclic amines) is 1. The molecule has 0 radical (unpaired) electrons. The number of benzene rings is 1. The minimum absolute atomic E-state index is 0.470. The van der Waals surface area contributed by atoms with Gasteiger partial charge in [0.25, 0.3) is 0 Å². The highest BCUT2D eigenvalue weighted by Crippen LogP contribution is 2.37. The fraction of sp³-hybridized carbons (Fsp3) is 0.611. The van der Waals surface area contributed by atoms with Crippen LogP contribution in [0.15, 0.2) is 60.9 Å². The summed E-state index contributed by atoms with van der Waals surface area (Å²) in [5.41, 5.74) is 1.31. The van der Waals surface area contributed by atoms with E-state index < -0.39 is 0 Å². The summed E-state index contributed by atoms with van der Waals surface area (Å²) in [6.45, 7) is 32.3. The third-order valence-corrected chi connectivity index (χ3v) is 5.60. The topological polar surface area (TPSA) is 65.9 Å². The molecule has 0 saturated carbocycles. The van der Waals surface area contributed by atoms with Gasteiger partial charge in [0, 0.05) is 43.8 Å². The Morgan fingerprint density at radius 3 is 1.93 bits per heavy atom. The smallest absolute Gasteiger partial charge is 0.224 e. The summed E-state index contributed by atoms with van der Waals surface area (Å²) in [7, 11) is 4.87. The van der Waals surface area contributed by atoms with Gasteiger partial charge in [0.05, 0.1) is 37.8 Å². The van der Waals surface area contributed by atoms with Gasteiger partial charge in [-0.05, 0) is 59.2 Å². The molecular formula is C36H66ClN3O4. The highest BCUT2D eigenvalue weighted by atomic mass is 35.5. The lowest BCUT2D eigenvalue weighted by atomic mass is 9.85. The van der Waals surface area contributed by atoms with Gasteiger partial charge in [-0.15, -0.1) is 13.2 Å². The SMILES string of the molecule is C/C=C(\C)Cl.C=CC.C=CC.CC.CC.CC.COC.COc1ncnc2cc(OCCCN3CCC4(COC4)C3)ccc12. The molecule has 2 saturated heterocycles. The summed E-state index contributed by atoms with van der Waals surface area (Å²) in [6, 6.07) is 5.84. The second-order valence-corrected chi connectivity index (χ2v) is 9.48. The van der Waals surface area contributed by atoms with Crippen molar-refractivity contribution < 1.29 is 18.9 Å². The zero-order valence-electron chi connectivity index (χ0n) is 30.5. The number of fused-ring (bicyclic) bond motifs is 1. The van der Waals surface area contributed by atoms with Gasteiger partial charge < -0.3 is 23.8 Å². The van der Waals surface area contributed by atoms with Crippen LogP contribution >= 0.6 is 11.6 Å². The lowest BCUT2D eigenvalue weighted by Crippen LogP contribution is -2.44. The van der Waals surface area contributed by atoms with E-state index in [2.05, 4.69) is 32.8 Å². The van der Waals surface area contributed by atoms with Crippen molar-refractivity contribution in [3.8, 4) is 11.6 Å². The molecule has 2 aliphatic heterocycles. The molecule has 0 aliphatic carbocycles. The van der Waals surface area contributed by atoms with Crippen molar-refractivity contribution >= 4 is 22.5 Å². The Balaban J connectivity index is -0.000000334. The molecule has 0 unspecified atom stereocenters. The van der Waals surface area contributed by atoms with Crippen LogP contribution in [0.4, 0.5) is 0 Å². The Morgan fingerprint density at radius 2 is 1.52 bits per heavy atom. The van der Waals surface area contributed by atoms with Crippen LogP contribution in [0.1, 0.15) is 82.1 Å². The molecule has 7 nitrogen and oxygen atoms in total. The van der Waals surface area contributed by atoms with Gasteiger partial charge in [-0.2, -0.15) is 0 Å². The molecule has 2 aromatic rings. The van der Waals surface area contributed by atoms with Crippen molar-refractivity contribution in [3.05, 3.63) is 60.9 Å². The Kier molecular flexibility index (Phi) is 38.6. The maximum absolute atomic E-state index is 5.89. The first kappa shape index (κ1) is 48.5. The summed E-state index contributed by atoms with van der Waals surface area (Å²) < 4.78 is 20.8. The zero-order valence-corrected chi connectivity index (χ0v) is 31.2. The maximum atomic E-state index is 5.89. The van der Waals surface area contributed by atoms with E-state index in [-0.39, 0.29) is 0 Å². The van der Waals surface area contributed by atoms with Gasteiger partial charge in [0.15, 0.2) is 0 Å². The summed E-state index contributed by atoms with van der Waals surface area (Å²) in [6.07, 6.45) is 9.17. The molecule has 0 N–H and O–H groups in total. The number of aromatic nitrogens is 2. The largest absolute Gasteiger partial charge is 0.493 e. The summed E-state index contributed by atoms with van der Waals surface area (Å²) in [5, 5.41) is 1.75. The minimum atomic E-state index is 0.470. The molecule has 0 bridgehead atoms. The van der Waals surface area contributed by atoms with E-state index in [0.717, 1.165) is 47.9 Å². The molecule has 2 aliphatic rings. The quantitative estimate of drug-likeness (QED) is 0.230. The first-order valence-electron chi connectivity index (χ1n) is 15.8.